The number of fused-ring (bicyclic) bond motifs is 1. The van der Waals surface area contributed by atoms with Gasteiger partial charge in [0.1, 0.15) is 0 Å². The zero-order chi connectivity index (χ0) is 15.8. The molecule has 0 radical (unpaired) electrons. The highest BCUT2D eigenvalue weighted by Crippen LogP contribution is 2.31. The molecule has 3 nitrogen and oxygen atoms in total. The van der Waals surface area contributed by atoms with E-state index in [1.165, 1.54) is 16.0 Å². The van der Waals surface area contributed by atoms with E-state index in [9.17, 15) is 0 Å². The number of rotatable bonds is 2. The normalized spacial score (nSPS) is 15.4. The Morgan fingerprint density at radius 2 is 1.74 bits per heavy atom. The van der Waals surface area contributed by atoms with Gasteiger partial charge in [-0.2, -0.15) is 0 Å². The molecule has 2 heterocycles. The smallest absolute Gasteiger partial charge is 0.186 e. The third-order valence-corrected chi connectivity index (χ3v) is 5.65. The highest BCUT2D eigenvalue weighted by Gasteiger charge is 2.20. The molecule has 1 saturated heterocycles. The number of anilines is 2. The molecular formula is C18H18ClN3S. The van der Waals surface area contributed by atoms with Crippen molar-refractivity contribution in [2.45, 2.75) is 6.92 Å². The number of hydrogen-bond acceptors (Lipinski definition) is 4. The summed E-state index contributed by atoms with van der Waals surface area (Å²) in [5.41, 5.74) is 3.60. The van der Waals surface area contributed by atoms with Gasteiger partial charge in [-0.25, -0.2) is 4.98 Å². The van der Waals surface area contributed by atoms with Crippen LogP contribution in [0.1, 0.15) is 5.56 Å². The summed E-state index contributed by atoms with van der Waals surface area (Å²) >= 11 is 7.90. The maximum absolute atomic E-state index is 6.10. The summed E-state index contributed by atoms with van der Waals surface area (Å²) in [5.74, 6) is 0. The van der Waals surface area contributed by atoms with Crippen LogP contribution in [-0.2, 0) is 0 Å². The highest BCUT2D eigenvalue weighted by atomic mass is 35.5. The van der Waals surface area contributed by atoms with Crippen LogP contribution in [-0.4, -0.2) is 31.2 Å². The largest absolute Gasteiger partial charge is 0.368 e. The van der Waals surface area contributed by atoms with Gasteiger partial charge in [-0.1, -0.05) is 41.1 Å². The van der Waals surface area contributed by atoms with Crippen LogP contribution in [0.2, 0.25) is 5.02 Å². The topological polar surface area (TPSA) is 19.4 Å². The molecule has 0 aliphatic carbocycles. The molecule has 0 atom stereocenters. The van der Waals surface area contributed by atoms with Gasteiger partial charge < -0.3 is 9.80 Å². The second-order valence-electron chi connectivity index (χ2n) is 5.87. The van der Waals surface area contributed by atoms with E-state index in [1.54, 1.807) is 11.3 Å². The number of benzene rings is 2. The van der Waals surface area contributed by atoms with Gasteiger partial charge in [0.05, 0.1) is 10.2 Å². The van der Waals surface area contributed by atoms with Crippen LogP contribution in [0.25, 0.3) is 10.2 Å². The van der Waals surface area contributed by atoms with Crippen LogP contribution in [0.4, 0.5) is 10.8 Å². The van der Waals surface area contributed by atoms with E-state index >= 15 is 0 Å². The van der Waals surface area contributed by atoms with Gasteiger partial charge >= 0.3 is 0 Å². The van der Waals surface area contributed by atoms with Crippen LogP contribution in [0.5, 0.6) is 0 Å². The molecule has 3 aromatic rings. The van der Waals surface area contributed by atoms with Crippen molar-refractivity contribution in [2.24, 2.45) is 0 Å². The molecule has 0 amide bonds. The number of halogens is 1. The summed E-state index contributed by atoms with van der Waals surface area (Å²) in [6, 6.07) is 14.5. The minimum absolute atomic E-state index is 0.798. The molecule has 0 unspecified atom stereocenters. The van der Waals surface area contributed by atoms with Crippen molar-refractivity contribution in [3.05, 3.63) is 53.1 Å². The van der Waals surface area contributed by atoms with Crippen LogP contribution in [0, 0.1) is 6.92 Å². The Kier molecular flexibility index (Phi) is 3.87. The van der Waals surface area contributed by atoms with Gasteiger partial charge in [0.15, 0.2) is 5.13 Å². The highest BCUT2D eigenvalue weighted by molar-refractivity contribution is 7.22. The Hall–Kier alpha value is -1.78. The van der Waals surface area contributed by atoms with Crippen LogP contribution < -0.4 is 9.80 Å². The number of nitrogens with zero attached hydrogens (tertiary/aromatic N) is 3. The minimum atomic E-state index is 0.798. The molecule has 0 saturated carbocycles. The van der Waals surface area contributed by atoms with Crippen molar-refractivity contribution in [1.29, 1.82) is 0 Å². The molecule has 1 fully saturated rings. The number of piperazine rings is 1. The van der Waals surface area contributed by atoms with E-state index in [0.29, 0.717) is 0 Å². The lowest BCUT2D eigenvalue weighted by Gasteiger charge is -2.36. The molecular weight excluding hydrogens is 326 g/mol. The van der Waals surface area contributed by atoms with Crippen molar-refractivity contribution in [1.82, 2.24) is 4.98 Å². The molecule has 118 valence electrons. The Labute approximate surface area is 145 Å². The molecule has 1 aliphatic heterocycles. The summed E-state index contributed by atoms with van der Waals surface area (Å²) in [6.45, 7) is 6.10. The molecule has 0 N–H and O–H groups in total. The average Bonchev–Trinajstić information content (AvgIpc) is 3.01. The lowest BCUT2D eigenvalue weighted by molar-refractivity contribution is 0.652. The monoisotopic (exact) mass is 343 g/mol. The molecule has 1 aliphatic rings. The Morgan fingerprint density at radius 3 is 2.48 bits per heavy atom. The van der Waals surface area contributed by atoms with E-state index in [2.05, 4.69) is 41.0 Å². The number of thiazole rings is 1. The second-order valence-corrected chi connectivity index (χ2v) is 7.32. The fraction of sp³-hybridized carbons (Fsp3) is 0.278. The van der Waals surface area contributed by atoms with Crippen LogP contribution >= 0.6 is 22.9 Å². The first kappa shape index (κ1) is 14.8. The maximum atomic E-state index is 6.10. The van der Waals surface area contributed by atoms with E-state index in [4.69, 9.17) is 16.6 Å². The number of aromatic nitrogens is 1. The lowest BCUT2D eigenvalue weighted by atomic mass is 10.2. The average molecular weight is 344 g/mol. The van der Waals surface area contributed by atoms with Crippen molar-refractivity contribution in [2.75, 3.05) is 36.0 Å². The third kappa shape index (κ3) is 2.89. The Morgan fingerprint density at radius 1 is 1.00 bits per heavy atom. The van der Waals surface area contributed by atoms with E-state index in [0.717, 1.165) is 41.8 Å². The number of hydrogen-bond donors (Lipinski definition) is 0. The van der Waals surface area contributed by atoms with Gasteiger partial charge in [-0.15, -0.1) is 0 Å². The molecule has 1 aromatic heterocycles. The maximum Gasteiger partial charge on any atom is 0.186 e. The quantitative estimate of drug-likeness (QED) is 0.678. The fourth-order valence-electron chi connectivity index (χ4n) is 3.04. The summed E-state index contributed by atoms with van der Waals surface area (Å²) in [5, 5.41) is 1.94. The SMILES string of the molecule is Cc1cccc2sc(N3CCN(c4cccc(Cl)c4)CC3)nc12. The van der Waals surface area contributed by atoms with Crippen molar-refractivity contribution < 1.29 is 0 Å². The second kappa shape index (κ2) is 6.02. The Bertz CT molecular complexity index is 837. The molecule has 23 heavy (non-hydrogen) atoms. The van der Waals surface area contributed by atoms with E-state index in [-0.39, 0.29) is 0 Å². The van der Waals surface area contributed by atoms with Crippen molar-refractivity contribution in [3.8, 4) is 0 Å². The van der Waals surface area contributed by atoms with Gasteiger partial charge in [0, 0.05) is 36.9 Å². The first-order valence-electron chi connectivity index (χ1n) is 7.82. The predicted octanol–water partition coefficient (Wildman–Crippen LogP) is 4.58. The molecule has 5 heteroatoms. The molecule has 0 spiro atoms. The summed E-state index contributed by atoms with van der Waals surface area (Å²) in [6.07, 6.45) is 0. The van der Waals surface area contributed by atoms with Gasteiger partial charge in [-0.05, 0) is 36.8 Å². The number of para-hydroxylation sites is 1. The minimum Gasteiger partial charge on any atom is -0.368 e. The first-order chi connectivity index (χ1) is 11.2. The van der Waals surface area contributed by atoms with Crippen LogP contribution in [0.15, 0.2) is 42.5 Å². The van der Waals surface area contributed by atoms with Gasteiger partial charge in [-0.3, -0.25) is 0 Å². The first-order valence-corrected chi connectivity index (χ1v) is 9.02. The summed E-state index contributed by atoms with van der Waals surface area (Å²) < 4.78 is 1.28. The van der Waals surface area contributed by atoms with Crippen molar-refractivity contribution in [3.63, 3.8) is 0 Å². The molecule has 4 rings (SSSR count). The van der Waals surface area contributed by atoms with Gasteiger partial charge in [0.25, 0.3) is 0 Å². The zero-order valence-corrected chi connectivity index (χ0v) is 14.6. The Balaban J connectivity index is 1.51. The van der Waals surface area contributed by atoms with E-state index in [1.807, 2.05) is 18.2 Å². The molecule has 2 aromatic carbocycles. The lowest BCUT2D eigenvalue weighted by Crippen LogP contribution is -2.46. The summed E-state index contributed by atoms with van der Waals surface area (Å²) in [7, 11) is 0. The van der Waals surface area contributed by atoms with Gasteiger partial charge in [0.2, 0.25) is 0 Å². The fourth-order valence-corrected chi connectivity index (χ4v) is 4.32. The summed E-state index contributed by atoms with van der Waals surface area (Å²) in [4.78, 5) is 9.64. The molecule has 0 bridgehead atoms. The van der Waals surface area contributed by atoms with Crippen LogP contribution in [0.3, 0.4) is 0 Å². The zero-order valence-electron chi connectivity index (χ0n) is 13.0. The number of aryl methyl sites for hydroxylation is 1. The van der Waals surface area contributed by atoms with Crippen molar-refractivity contribution >= 4 is 44.0 Å². The standard InChI is InChI=1S/C18H18ClN3S/c1-13-4-2-7-16-17(13)20-18(23-16)22-10-8-21(9-11-22)15-6-3-5-14(19)12-15/h2-7,12H,8-11H2,1H3. The third-order valence-electron chi connectivity index (χ3n) is 4.33. The predicted molar refractivity (Wildman–Crippen MR) is 100 cm³/mol. The van der Waals surface area contributed by atoms with E-state index < -0.39 is 0 Å².